The van der Waals surface area contributed by atoms with Gasteiger partial charge in [0.05, 0.1) is 5.39 Å². The Morgan fingerprint density at radius 1 is 1.12 bits per heavy atom. The minimum Gasteiger partial charge on any atom is -0.432 e. The van der Waals surface area contributed by atoms with E-state index in [1.807, 2.05) is 0 Å². The zero-order chi connectivity index (χ0) is 12.6. The molecule has 5 heteroatoms. The van der Waals surface area contributed by atoms with Crippen LogP contribution in [-0.4, -0.2) is 6.61 Å². The third kappa shape index (κ3) is 2.18. The van der Waals surface area contributed by atoms with E-state index >= 15 is 0 Å². The zero-order valence-corrected chi connectivity index (χ0v) is 8.81. The average molecular weight is 244 g/mol. The summed E-state index contributed by atoms with van der Waals surface area (Å²) in [4.78, 5) is 0. The summed E-state index contributed by atoms with van der Waals surface area (Å²) >= 11 is 0. The van der Waals surface area contributed by atoms with Crippen molar-refractivity contribution in [3.63, 3.8) is 0 Å². The van der Waals surface area contributed by atoms with Gasteiger partial charge < -0.3 is 4.74 Å². The molecule has 17 heavy (non-hydrogen) atoms. The highest BCUT2D eigenvalue weighted by molar-refractivity contribution is 5.85. The number of hydrogen-bond donors (Lipinski definition) is 0. The molecule has 0 radical (unpaired) electrons. The number of alkyl halides is 2. The number of halogens is 4. The fourth-order valence-electron chi connectivity index (χ4n) is 1.68. The second-order valence-electron chi connectivity index (χ2n) is 3.60. The first-order valence-electron chi connectivity index (χ1n) is 4.82. The molecule has 0 fully saturated rings. The van der Waals surface area contributed by atoms with E-state index in [1.165, 1.54) is 6.07 Å². The molecular formula is C12H8F4O. The van der Waals surface area contributed by atoms with Crippen molar-refractivity contribution in [2.24, 2.45) is 0 Å². The monoisotopic (exact) mass is 244 g/mol. The zero-order valence-electron chi connectivity index (χ0n) is 8.81. The van der Waals surface area contributed by atoms with Gasteiger partial charge in [-0.3, -0.25) is 0 Å². The van der Waals surface area contributed by atoms with Gasteiger partial charge in [0.2, 0.25) is 0 Å². The molecule has 0 unspecified atom stereocenters. The first-order chi connectivity index (χ1) is 7.99. The van der Waals surface area contributed by atoms with Crippen LogP contribution in [0.2, 0.25) is 0 Å². The molecule has 0 aliphatic heterocycles. The van der Waals surface area contributed by atoms with Gasteiger partial charge in [0.15, 0.2) is 11.6 Å². The highest BCUT2D eigenvalue weighted by Crippen LogP contribution is 2.30. The van der Waals surface area contributed by atoms with Crippen LogP contribution in [0.4, 0.5) is 17.6 Å². The predicted octanol–water partition coefficient (Wildman–Crippen LogP) is 4.03. The maximum absolute atomic E-state index is 13.7. The molecule has 1 nitrogen and oxygen atoms in total. The second kappa shape index (κ2) is 4.24. The fraction of sp³-hybridized carbons (Fsp3) is 0.167. The maximum atomic E-state index is 13.7. The van der Waals surface area contributed by atoms with Crippen molar-refractivity contribution in [2.45, 2.75) is 13.5 Å². The third-order valence-corrected chi connectivity index (χ3v) is 2.33. The number of hydrogen-bond acceptors (Lipinski definition) is 1. The molecule has 0 atom stereocenters. The molecule has 2 aromatic carbocycles. The van der Waals surface area contributed by atoms with Crippen LogP contribution in [0.15, 0.2) is 24.3 Å². The normalized spacial score (nSPS) is 11.2. The van der Waals surface area contributed by atoms with Gasteiger partial charge in [-0.1, -0.05) is 12.1 Å². The number of benzene rings is 2. The molecule has 2 aromatic rings. The second-order valence-corrected chi connectivity index (χ2v) is 3.60. The molecule has 0 saturated heterocycles. The van der Waals surface area contributed by atoms with Gasteiger partial charge in [0, 0.05) is 0 Å². The smallest absolute Gasteiger partial charge is 0.387 e. The molecule has 0 spiro atoms. The van der Waals surface area contributed by atoms with Gasteiger partial charge in [0.25, 0.3) is 0 Å². The van der Waals surface area contributed by atoms with E-state index in [2.05, 4.69) is 4.74 Å². The SMILES string of the molecule is Cc1cc(F)c2c(F)c(OC(F)F)ccc2c1. The Morgan fingerprint density at radius 2 is 1.82 bits per heavy atom. The van der Waals surface area contributed by atoms with Crippen LogP contribution < -0.4 is 4.74 Å². The molecule has 2 rings (SSSR count). The van der Waals surface area contributed by atoms with Crippen LogP contribution in [-0.2, 0) is 0 Å². The topological polar surface area (TPSA) is 9.23 Å². The summed E-state index contributed by atoms with van der Waals surface area (Å²) in [6.45, 7) is -1.49. The molecule has 0 bridgehead atoms. The van der Waals surface area contributed by atoms with Crippen molar-refractivity contribution in [2.75, 3.05) is 0 Å². The lowest BCUT2D eigenvalue weighted by atomic mass is 10.1. The molecule has 0 amide bonds. The first-order valence-corrected chi connectivity index (χ1v) is 4.82. The molecule has 0 aliphatic carbocycles. The van der Waals surface area contributed by atoms with Gasteiger partial charge in [-0.2, -0.15) is 8.78 Å². The van der Waals surface area contributed by atoms with Crippen LogP contribution in [0.1, 0.15) is 5.56 Å². The van der Waals surface area contributed by atoms with Gasteiger partial charge >= 0.3 is 6.61 Å². The van der Waals surface area contributed by atoms with Crippen LogP contribution in [0.5, 0.6) is 5.75 Å². The summed E-state index contributed by atoms with van der Waals surface area (Å²) in [5.74, 6) is -2.56. The molecule has 0 saturated carbocycles. The maximum Gasteiger partial charge on any atom is 0.387 e. The molecule has 0 heterocycles. The van der Waals surface area contributed by atoms with Crippen LogP contribution >= 0.6 is 0 Å². The Balaban J connectivity index is 2.66. The average Bonchev–Trinajstić information content (AvgIpc) is 2.20. The molecule has 0 N–H and O–H groups in total. The lowest BCUT2D eigenvalue weighted by molar-refractivity contribution is -0.0520. The molecular weight excluding hydrogens is 236 g/mol. The number of aryl methyl sites for hydroxylation is 1. The van der Waals surface area contributed by atoms with Gasteiger partial charge in [-0.25, -0.2) is 8.78 Å². The minimum absolute atomic E-state index is 0.307. The van der Waals surface area contributed by atoms with Crippen LogP contribution in [0.25, 0.3) is 10.8 Å². The van der Waals surface area contributed by atoms with Crippen molar-refractivity contribution in [3.05, 3.63) is 41.5 Å². The minimum atomic E-state index is -3.14. The number of rotatable bonds is 2. The van der Waals surface area contributed by atoms with Crippen molar-refractivity contribution in [1.82, 2.24) is 0 Å². The van der Waals surface area contributed by atoms with Gasteiger partial charge in [-0.05, 0) is 30.0 Å². The van der Waals surface area contributed by atoms with E-state index in [4.69, 9.17) is 0 Å². The molecule has 0 aromatic heterocycles. The van der Waals surface area contributed by atoms with Crippen molar-refractivity contribution >= 4 is 10.8 Å². The first kappa shape index (κ1) is 11.7. The van der Waals surface area contributed by atoms with Crippen LogP contribution in [0.3, 0.4) is 0 Å². The van der Waals surface area contributed by atoms with E-state index in [0.717, 1.165) is 12.1 Å². The van der Waals surface area contributed by atoms with E-state index in [0.29, 0.717) is 10.9 Å². The van der Waals surface area contributed by atoms with Crippen molar-refractivity contribution in [3.8, 4) is 5.75 Å². The fourth-order valence-corrected chi connectivity index (χ4v) is 1.68. The predicted molar refractivity (Wildman–Crippen MR) is 55.2 cm³/mol. The summed E-state index contributed by atoms with van der Waals surface area (Å²) in [6.07, 6.45) is 0. The number of fused-ring (bicyclic) bond motifs is 1. The summed E-state index contributed by atoms with van der Waals surface area (Å²) in [5, 5.41) is -0.0321. The van der Waals surface area contributed by atoms with Crippen LogP contribution in [0, 0.1) is 18.6 Å². The Bertz CT molecular complexity index is 566. The van der Waals surface area contributed by atoms with Crippen molar-refractivity contribution < 1.29 is 22.3 Å². The Hall–Kier alpha value is -1.78. The Kier molecular flexibility index (Phi) is 2.92. The summed E-state index contributed by atoms with van der Waals surface area (Å²) in [7, 11) is 0. The van der Waals surface area contributed by atoms with Gasteiger partial charge in [0.1, 0.15) is 5.82 Å². The van der Waals surface area contributed by atoms with E-state index in [9.17, 15) is 17.6 Å². The van der Waals surface area contributed by atoms with E-state index in [-0.39, 0.29) is 5.39 Å². The highest BCUT2D eigenvalue weighted by atomic mass is 19.3. The van der Waals surface area contributed by atoms with Crippen molar-refractivity contribution in [1.29, 1.82) is 0 Å². The summed E-state index contributed by atoms with van der Waals surface area (Å²) < 4.78 is 55.2. The Morgan fingerprint density at radius 3 is 2.47 bits per heavy atom. The standard InChI is InChI=1S/C12H8F4O/c1-6-4-7-2-3-9(17-12(15)16)11(14)10(7)8(13)5-6/h2-5,12H,1H3. The number of ether oxygens (including phenoxy) is 1. The van der Waals surface area contributed by atoms with E-state index in [1.54, 1.807) is 13.0 Å². The lowest BCUT2D eigenvalue weighted by Gasteiger charge is -2.09. The summed E-state index contributed by atoms with van der Waals surface area (Å²) in [5.41, 5.74) is 0.622. The largest absolute Gasteiger partial charge is 0.432 e. The molecule has 0 aliphatic rings. The highest BCUT2D eigenvalue weighted by Gasteiger charge is 2.15. The lowest BCUT2D eigenvalue weighted by Crippen LogP contribution is -2.04. The Labute approximate surface area is 94.6 Å². The molecule has 90 valence electrons. The summed E-state index contributed by atoms with van der Waals surface area (Å²) in [6, 6.07) is 5.10. The van der Waals surface area contributed by atoms with Gasteiger partial charge in [-0.15, -0.1) is 0 Å². The van der Waals surface area contributed by atoms with E-state index < -0.39 is 24.0 Å². The quantitative estimate of drug-likeness (QED) is 0.725. The third-order valence-electron chi connectivity index (χ3n) is 2.33.